The fourth-order valence-electron chi connectivity index (χ4n) is 2.39. The van der Waals surface area contributed by atoms with E-state index in [-0.39, 0.29) is 5.56 Å². The summed E-state index contributed by atoms with van der Waals surface area (Å²) in [6, 6.07) is 0.459. The number of carboxylic acid groups (broad SMARTS) is 1. The van der Waals surface area contributed by atoms with Crippen molar-refractivity contribution in [2.45, 2.75) is 12.5 Å². The summed E-state index contributed by atoms with van der Waals surface area (Å²) >= 11 is 3.21. The van der Waals surface area contributed by atoms with Gasteiger partial charge < -0.3 is 14.9 Å². The van der Waals surface area contributed by atoms with Crippen molar-refractivity contribution in [2.24, 2.45) is 7.05 Å². The Bertz CT molecular complexity index is 472. The molecule has 1 atom stereocenters. The highest BCUT2D eigenvalue weighted by Crippen LogP contribution is 2.30. The van der Waals surface area contributed by atoms with Gasteiger partial charge in [0.15, 0.2) is 0 Å². The van der Waals surface area contributed by atoms with Gasteiger partial charge in [0.1, 0.15) is 16.0 Å². The number of aryl methyl sites for hydroxylation is 1. The number of hydrogen-bond acceptors (Lipinski definition) is 4. The van der Waals surface area contributed by atoms with Crippen LogP contribution >= 0.6 is 15.9 Å². The van der Waals surface area contributed by atoms with Crippen molar-refractivity contribution < 1.29 is 9.90 Å². The number of rotatable bonds is 3. The molecule has 2 rings (SSSR count). The van der Waals surface area contributed by atoms with Gasteiger partial charge in [-0.2, -0.15) is 5.10 Å². The first kappa shape index (κ1) is 13.4. The zero-order valence-corrected chi connectivity index (χ0v) is 12.3. The van der Waals surface area contributed by atoms with Crippen LogP contribution in [0, 0.1) is 0 Å². The van der Waals surface area contributed by atoms with E-state index in [0.29, 0.717) is 16.5 Å². The molecule has 0 aromatic carbocycles. The number of likely N-dealkylation sites (N-methyl/N-ethyl adjacent to an activating group) is 1. The van der Waals surface area contributed by atoms with Gasteiger partial charge in [-0.15, -0.1) is 0 Å². The molecule has 0 radical (unpaired) electrons. The molecule has 18 heavy (non-hydrogen) atoms. The Morgan fingerprint density at radius 3 is 2.72 bits per heavy atom. The van der Waals surface area contributed by atoms with E-state index in [4.69, 9.17) is 0 Å². The zero-order valence-electron chi connectivity index (χ0n) is 10.7. The fourth-order valence-corrected chi connectivity index (χ4v) is 2.97. The average molecular weight is 317 g/mol. The maximum Gasteiger partial charge on any atom is 0.342 e. The van der Waals surface area contributed by atoms with Crippen molar-refractivity contribution in [3.8, 4) is 0 Å². The standard InChI is InChI=1S/C11H17BrN4O2/c1-14(2)7-4-5-16(6-7)10-8(11(17)18)9(12)13-15(10)3/h7H,4-6H2,1-3H3,(H,17,18). The Morgan fingerprint density at radius 2 is 2.22 bits per heavy atom. The lowest BCUT2D eigenvalue weighted by Gasteiger charge is -2.22. The lowest BCUT2D eigenvalue weighted by molar-refractivity contribution is 0.0696. The van der Waals surface area contributed by atoms with Gasteiger partial charge in [0, 0.05) is 26.2 Å². The zero-order chi connectivity index (χ0) is 13.4. The largest absolute Gasteiger partial charge is 0.477 e. The SMILES string of the molecule is CN(C)C1CCN(c2c(C(=O)O)c(Br)nn2C)C1. The van der Waals surface area contributed by atoms with Gasteiger partial charge in [-0.25, -0.2) is 4.79 Å². The molecule has 6 nitrogen and oxygen atoms in total. The number of aromatic nitrogens is 2. The van der Waals surface area contributed by atoms with Gasteiger partial charge in [0.2, 0.25) is 0 Å². The molecule has 1 fully saturated rings. The van der Waals surface area contributed by atoms with E-state index in [1.54, 1.807) is 11.7 Å². The topological polar surface area (TPSA) is 61.6 Å². The molecule has 1 aromatic heterocycles. The number of hydrogen-bond donors (Lipinski definition) is 1. The number of aromatic carboxylic acids is 1. The summed E-state index contributed by atoms with van der Waals surface area (Å²) in [4.78, 5) is 15.6. The van der Waals surface area contributed by atoms with Crippen LogP contribution in [-0.2, 0) is 7.05 Å². The van der Waals surface area contributed by atoms with Crippen molar-refractivity contribution in [3.05, 3.63) is 10.2 Å². The molecule has 1 aromatic rings. The lowest BCUT2D eigenvalue weighted by Crippen LogP contribution is -2.32. The van der Waals surface area contributed by atoms with Crippen LogP contribution in [0.4, 0.5) is 5.82 Å². The Kier molecular flexibility index (Phi) is 3.63. The van der Waals surface area contributed by atoms with Crippen LogP contribution in [0.25, 0.3) is 0 Å². The van der Waals surface area contributed by atoms with Crippen LogP contribution < -0.4 is 4.90 Å². The highest BCUT2D eigenvalue weighted by atomic mass is 79.9. The first-order chi connectivity index (χ1) is 8.41. The van der Waals surface area contributed by atoms with Gasteiger partial charge >= 0.3 is 5.97 Å². The third-order valence-electron chi connectivity index (χ3n) is 3.38. The molecule has 0 spiro atoms. The molecule has 0 amide bonds. The molecule has 1 aliphatic heterocycles. The maximum atomic E-state index is 11.3. The van der Waals surface area contributed by atoms with Crippen molar-refractivity contribution in [1.29, 1.82) is 0 Å². The van der Waals surface area contributed by atoms with Gasteiger partial charge in [0.25, 0.3) is 0 Å². The molecule has 0 saturated carbocycles. The molecular formula is C11H17BrN4O2. The van der Waals surface area contributed by atoms with Crippen molar-refractivity contribution in [2.75, 3.05) is 32.1 Å². The summed E-state index contributed by atoms with van der Waals surface area (Å²) < 4.78 is 2.02. The molecule has 7 heteroatoms. The second kappa shape index (κ2) is 4.89. The number of carboxylic acids is 1. The summed E-state index contributed by atoms with van der Waals surface area (Å²) in [6.45, 7) is 1.69. The molecule has 1 saturated heterocycles. The molecule has 2 heterocycles. The number of anilines is 1. The number of carbonyl (C=O) groups is 1. The smallest absolute Gasteiger partial charge is 0.342 e. The highest BCUT2D eigenvalue weighted by Gasteiger charge is 2.31. The van der Waals surface area contributed by atoms with E-state index >= 15 is 0 Å². The van der Waals surface area contributed by atoms with Crippen LogP contribution in [0.15, 0.2) is 4.60 Å². The molecule has 1 aliphatic rings. The minimum absolute atomic E-state index is 0.247. The summed E-state index contributed by atoms with van der Waals surface area (Å²) in [5.74, 6) is -0.267. The molecular weight excluding hydrogens is 300 g/mol. The predicted molar refractivity (Wildman–Crippen MR) is 72.2 cm³/mol. The summed E-state index contributed by atoms with van der Waals surface area (Å²) in [7, 11) is 5.87. The van der Waals surface area contributed by atoms with Crippen molar-refractivity contribution >= 4 is 27.7 Å². The van der Waals surface area contributed by atoms with Crippen LogP contribution in [-0.4, -0.2) is 59.0 Å². The van der Waals surface area contributed by atoms with Crippen LogP contribution in [0.1, 0.15) is 16.8 Å². The van der Waals surface area contributed by atoms with Gasteiger partial charge in [0.05, 0.1) is 0 Å². The van der Waals surface area contributed by atoms with Gasteiger partial charge in [-0.3, -0.25) is 4.68 Å². The van der Waals surface area contributed by atoms with E-state index in [0.717, 1.165) is 19.5 Å². The first-order valence-electron chi connectivity index (χ1n) is 5.79. The van der Waals surface area contributed by atoms with Crippen LogP contribution in [0.2, 0.25) is 0 Å². The molecule has 100 valence electrons. The average Bonchev–Trinajstić information content (AvgIpc) is 2.81. The molecule has 1 N–H and O–H groups in total. The third-order valence-corrected chi connectivity index (χ3v) is 3.94. The van der Waals surface area contributed by atoms with E-state index < -0.39 is 5.97 Å². The number of nitrogens with zero attached hydrogens (tertiary/aromatic N) is 4. The minimum atomic E-state index is -0.946. The van der Waals surface area contributed by atoms with Crippen molar-refractivity contribution in [3.63, 3.8) is 0 Å². The summed E-state index contributed by atoms with van der Waals surface area (Å²) in [6.07, 6.45) is 1.04. The molecule has 0 aliphatic carbocycles. The Balaban J connectivity index is 2.32. The monoisotopic (exact) mass is 316 g/mol. The van der Waals surface area contributed by atoms with Crippen LogP contribution in [0.5, 0.6) is 0 Å². The predicted octanol–water partition coefficient (Wildman–Crippen LogP) is 1.02. The second-order valence-electron chi connectivity index (χ2n) is 4.77. The Labute approximate surface area is 114 Å². The van der Waals surface area contributed by atoms with E-state index in [1.165, 1.54) is 0 Å². The van der Waals surface area contributed by atoms with E-state index in [1.807, 2.05) is 14.1 Å². The Hall–Kier alpha value is -1.08. The van der Waals surface area contributed by atoms with Gasteiger partial charge in [-0.1, -0.05) is 0 Å². The minimum Gasteiger partial charge on any atom is -0.477 e. The highest BCUT2D eigenvalue weighted by molar-refractivity contribution is 9.10. The summed E-state index contributed by atoms with van der Waals surface area (Å²) in [5, 5.41) is 13.4. The molecule has 0 bridgehead atoms. The second-order valence-corrected chi connectivity index (χ2v) is 5.52. The van der Waals surface area contributed by atoms with E-state index in [2.05, 4.69) is 30.8 Å². The summed E-state index contributed by atoms with van der Waals surface area (Å²) in [5.41, 5.74) is 0.247. The number of halogens is 1. The fraction of sp³-hybridized carbons (Fsp3) is 0.636. The lowest BCUT2D eigenvalue weighted by atomic mass is 10.2. The first-order valence-corrected chi connectivity index (χ1v) is 6.58. The van der Waals surface area contributed by atoms with E-state index in [9.17, 15) is 9.90 Å². The van der Waals surface area contributed by atoms with Crippen LogP contribution in [0.3, 0.4) is 0 Å². The van der Waals surface area contributed by atoms with Gasteiger partial charge in [-0.05, 0) is 36.4 Å². The maximum absolute atomic E-state index is 11.3. The Morgan fingerprint density at radius 1 is 1.56 bits per heavy atom. The normalized spacial score (nSPS) is 19.8. The quantitative estimate of drug-likeness (QED) is 0.902. The molecule has 1 unspecified atom stereocenters. The van der Waals surface area contributed by atoms with Crippen molar-refractivity contribution in [1.82, 2.24) is 14.7 Å². The third kappa shape index (κ3) is 2.24.